The molecule has 0 aliphatic carbocycles. The first-order valence-electron chi connectivity index (χ1n) is 12.4. The molecule has 0 aromatic heterocycles. The first kappa shape index (κ1) is 27.4. The quantitative estimate of drug-likeness (QED) is 0.256. The Kier molecular flexibility index (Phi) is 8.42. The number of nitrogens with zero attached hydrogens (tertiary/aromatic N) is 1. The molecule has 0 radical (unpaired) electrons. The number of rotatable bonds is 10. The average Bonchev–Trinajstić information content (AvgIpc) is 3.53. The van der Waals surface area contributed by atoms with Crippen molar-refractivity contribution < 1.29 is 33.3 Å². The van der Waals surface area contributed by atoms with Crippen LogP contribution in [0, 0.1) is 0 Å². The molecule has 3 aromatic carbocycles. The van der Waals surface area contributed by atoms with Gasteiger partial charge in [0.1, 0.15) is 10.1 Å². The summed E-state index contributed by atoms with van der Waals surface area (Å²) in [5, 5.41) is 2.78. The molecule has 2 aliphatic rings. The first-order chi connectivity index (χ1) is 19.4. The van der Waals surface area contributed by atoms with Crippen LogP contribution < -0.4 is 29.0 Å². The van der Waals surface area contributed by atoms with E-state index in [1.54, 1.807) is 53.4 Å². The Labute approximate surface area is 241 Å². The highest BCUT2D eigenvalue weighted by Crippen LogP contribution is 2.37. The second-order valence-electron chi connectivity index (χ2n) is 8.66. The molecule has 2 aliphatic heterocycles. The highest BCUT2D eigenvalue weighted by molar-refractivity contribution is 8.26. The van der Waals surface area contributed by atoms with Crippen LogP contribution in [0.4, 0.5) is 5.69 Å². The zero-order chi connectivity index (χ0) is 28.1. The average molecular weight is 579 g/mol. The van der Waals surface area contributed by atoms with Gasteiger partial charge in [0, 0.05) is 5.69 Å². The van der Waals surface area contributed by atoms with Crippen molar-refractivity contribution in [2.45, 2.75) is 13.5 Å². The summed E-state index contributed by atoms with van der Waals surface area (Å²) in [6, 6.07) is 17.9. The van der Waals surface area contributed by atoms with Gasteiger partial charge in [-0.15, -0.1) is 0 Å². The molecular formula is C29H26N2O7S2. The fourth-order valence-electron chi connectivity index (χ4n) is 4.04. The van der Waals surface area contributed by atoms with Crippen molar-refractivity contribution in [1.82, 2.24) is 4.90 Å². The molecule has 0 atom stereocenters. The second-order valence-corrected chi connectivity index (χ2v) is 10.3. The molecule has 0 unspecified atom stereocenters. The van der Waals surface area contributed by atoms with E-state index in [2.05, 4.69) is 5.32 Å². The number of carbonyl (C=O) groups is 2. The van der Waals surface area contributed by atoms with E-state index in [-0.39, 0.29) is 25.2 Å². The molecule has 3 aromatic rings. The highest BCUT2D eigenvalue weighted by Gasteiger charge is 2.32. The largest absolute Gasteiger partial charge is 0.494 e. The number of ether oxygens (including phenoxy) is 5. The van der Waals surface area contributed by atoms with Gasteiger partial charge in [-0.05, 0) is 72.7 Å². The van der Waals surface area contributed by atoms with Gasteiger partial charge in [-0.25, -0.2) is 0 Å². The normalized spacial score (nSPS) is 14.9. The van der Waals surface area contributed by atoms with Crippen LogP contribution in [0.1, 0.15) is 18.1 Å². The van der Waals surface area contributed by atoms with E-state index in [0.29, 0.717) is 51.1 Å². The zero-order valence-electron chi connectivity index (χ0n) is 21.8. The standard InChI is InChI=1S/C29H26N2O7S2/c1-3-35-21-8-6-20(7-9-21)30-27(32)16-36-22-10-4-18(12-24(22)34-2)14-26-28(33)31(29(39)40-26)15-19-5-11-23-25(13-19)38-17-37-23/h4-14H,3,15-17H2,1-2H3,(H,30,32)/b26-14-. The van der Waals surface area contributed by atoms with Crippen LogP contribution in [0.2, 0.25) is 0 Å². The van der Waals surface area contributed by atoms with Crippen LogP contribution in [-0.2, 0) is 16.1 Å². The summed E-state index contributed by atoms with van der Waals surface area (Å²) in [7, 11) is 1.51. The van der Waals surface area contributed by atoms with Gasteiger partial charge >= 0.3 is 0 Å². The van der Waals surface area contributed by atoms with Crippen LogP contribution in [0.15, 0.2) is 65.6 Å². The van der Waals surface area contributed by atoms with E-state index >= 15 is 0 Å². The third-order valence-electron chi connectivity index (χ3n) is 5.94. The second kappa shape index (κ2) is 12.3. The van der Waals surface area contributed by atoms with Crippen molar-refractivity contribution in [2.24, 2.45) is 0 Å². The monoisotopic (exact) mass is 578 g/mol. The lowest BCUT2D eigenvalue weighted by molar-refractivity contribution is -0.122. The summed E-state index contributed by atoms with van der Waals surface area (Å²) in [5.41, 5.74) is 2.25. The molecule has 1 saturated heterocycles. The molecule has 5 rings (SSSR count). The topological polar surface area (TPSA) is 95.6 Å². The molecule has 40 heavy (non-hydrogen) atoms. The third kappa shape index (κ3) is 6.32. The van der Waals surface area contributed by atoms with Gasteiger partial charge in [0.05, 0.1) is 25.2 Å². The summed E-state index contributed by atoms with van der Waals surface area (Å²) >= 11 is 6.72. The molecule has 206 valence electrons. The maximum absolute atomic E-state index is 13.1. The Hall–Kier alpha value is -4.22. The lowest BCUT2D eigenvalue weighted by Gasteiger charge is -2.14. The minimum Gasteiger partial charge on any atom is -0.494 e. The maximum atomic E-state index is 13.1. The van der Waals surface area contributed by atoms with Gasteiger partial charge in [0.25, 0.3) is 11.8 Å². The number of benzene rings is 3. The molecule has 1 N–H and O–H groups in total. The maximum Gasteiger partial charge on any atom is 0.266 e. The third-order valence-corrected chi connectivity index (χ3v) is 7.32. The Balaban J connectivity index is 1.21. The predicted molar refractivity (Wildman–Crippen MR) is 156 cm³/mol. The van der Waals surface area contributed by atoms with Crippen LogP contribution in [0.5, 0.6) is 28.7 Å². The number of thioether (sulfide) groups is 1. The van der Waals surface area contributed by atoms with Crippen molar-refractivity contribution in [3.63, 3.8) is 0 Å². The van der Waals surface area contributed by atoms with E-state index in [0.717, 1.165) is 16.9 Å². The fourth-order valence-corrected chi connectivity index (χ4v) is 5.30. The Morgan fingerprint density at radius 2 is 1.85 bits per heavy atom. The number of thiocarbonyl (C=S) groups is 1. The van der Waals surface area contributed by atoms with Crippen molar-refractivity contribution >= 4 is 51.9 Å². The van der Waals surface area contributed by atoms with E-state index < -0.39 is 0 Å². The molecule has 2 heterocycles. The number of carbonyl (C=O) groups excluding carboxylic acids is 2. The van der Waals surface area contributed by atoms with Crippen LogP contribution in [-0.4, -0.2) is 48.2 Å². The van der Waals surface area contributed by atoms with Crippen LogP contribution in [0.25, 0.3) is 6.08 Å². The fraction of sp³-hybridized carbons (Fsp3) is 0.207. The van der Waals surface area contributed by atoms with Gasteiger partial charge in [-0.1, -0.05) is 36.1 Å². The number of hydrogen-bond acceptors (Lipinski definition) is 9. The number of methoxy groups -OCH3 is 1. The van der Waals surface area contributed by atoms with E-state index in [9.17, 15) is 9.59 Å². The van der Waals surface area contributed by atoms with E-state index in [4.69, 9.17) is 35.9 Å². The van der Waals surface area contributed by atoms with Gasteiger partial charge in [-0.3, -0.25) is 14.5 Å². The molecule has 9 nitrogen and oxygen atoms in total. The van der Waals surface area contributed by atoms with Crippen molar-refractivity contribution in [3.8, 4) is 28.7 Å². The van der Waals surface area contributed by atoms with Crippen LogP contribution in [0.3, 0.4) is 0 Å². The Morgan fingerprint density at radius 1 is 1.05 bits per heavy atom. The zero-order valence-corrected chi connectivity index (χ0v) is 23.4. The summed E-state index contributed by atoms with van der Waals surface area (Å²) in [5.74, 6) is 2.40. The summed E-state index contributed by atoms with van der Waals surface area (Å²) in [6.07, 6.45) is 1.75. The molecule has 0 spiro atoms. The van der Waals surface area contributed by atoms with Crippen molar-refractivity contribution in [1.29, 1.82) is 0 Å². The predicted octanol–water partition coefficient (Wildman–Crippen LogP) is 5.24. The van der Waals surface area contributed by atoms with Crippen molar-refractivity contribution in [3.05, 3.63) is 76.7 Å². The molecule has 11 heteroatoms. The van der Waals surface area contributed by atoms with Gasteiger partial charge in [0.2, 0.25) is 6.79 Å². The smallest absolute Gasteiger partial charge is 0.266 e. The van der Waals surface area contributed by atoms with Gasteiger partial charge < -0.3 is 29.0 Å². The minimum absolute atomic E-state index is 0.182. The summed E-state index contributed by atoms with van der Waals surface area (Å²) in [6.45, 7) is 2.78. The Morgan fingerprint density at radius 3 is 2.62 bits per heavy atom. The molecular weight excluding hydrogens is 552 g/mol. The van der Waals surface area contributed by atoms with E-state index in [1.807, 2.05) is 25.1 Å². The number of hydrogen-bond donors (Lipinski definition) is 1. The molecule has 2 amide bonds. The first-order valence-corrected chi connectivity index (χ1v) is 13.6. The number of amides is 2. The van der Waals surface area contributed by atoms with E-state index in [1.165, 1.54) is 18.9 Å². The molecule has 1 fully saturated rings. The summed E-state index contributed by atoms with van der Waals surface area (Å²) < 4.78 is 27.8. The highest BCUT2D eigenvalue weighted by atomic mass is 32.2. The van der Waals surface area contributed by atoms with Gasteiger partial charge in [-0.2, -0.15) is 0 Å². The Bertz CT molecular complexity index is 1470. The summed E-state index contributed by atoms with van der Waals surface area (Å²) in [4.78, 5) is 27.6. The number of nitrogens with one attached hydrogen (secondary N) is 1. The van der Waals surface area contributed by atoms with Crippen molar-refractivity contribution in [2.75, 3.05) is 32.4 Å². The minimum atomic E-state index is -0.318. The molecule has 0 bridgehead atoms. The van der Waals surface area contributed by atoms with Gasteiger partial charge in [0.15, 0.2) is 29.6 Å². The SMILES string of the molecule is CCOc1ccc(NC(=O)COc2ccc(/C=C3\SC(=S)N(Cc4ccc5c(c4)OCO5)C3=O)cc2OC)cc1. The van der Waals surface area contributed by atoms with Crippen LogP contribution >= 0.6 is 24.0 Å². The lowest BCUT2D eigenvalue weighted by Crippen LogP contribution is -2.27. The lowest BCUT2D eigenvalue weighted by atomic mass is 10.1. The number of anilines is 1. The number of fused-ring (bicyclic) bond motifs is 1. The molecule has 0 saturated carbocycles.